The number of fused-ring (bicyclic) bond motifs is 3. The lowest BCUT2D eigenvalue weighted by atomic mass is 9.88. The van der Waals surface area contributed by atoms with Crippen LogP contribution in [0.2, 0.25) is 0 Å². The molecule has 1 aromatic heterocycles. The summed E-state index contributed by atoms with van der Waals surface area (Å²) in [5, 5.41) is 5.17. The highest BCUT2D eigenvalue weighted by molar-refractivity contribution is 7.88. The first-order valence-corrected chi connectivity index (χ1v) is 10.3. The van der Waals surface area contributed by atoms with Crippen LogP contribution in [0.3, 0.4) is 0 Å². The first kappa shape index (κ1) is 19.3. The van der Waals surface area contributed by atoms with Crippen molar-refractivity contribution in [2.45, 2.75) is 18.5 Å². The van der Waals surface area contributed by atoms with Gasteiger partial charge in [-0.3, -0.25) is 4.98 Å². The summed E-state index contributed by atoms with van der Waals surface area (Å²) in [6, 6.07) is 13.1. The van der Waals surface area contributed by atoms with Crippen LogP contribution in [0.25, 0.3) is 11.1 Å². The van der Waals surface area contributed by atoms with E-state index in [4.69, 9.17) is 9.88 Å². The zero-order valence-electron chi connectivity index (χ0n) is 15.0. The summed E-state index contributed by atoms with van der Waals surface area (Å²) in [5.74, 6) is -0.00601. The molecule has 2 heterocycles. The molecule has 9 heteroatoms. The number of rotatable bonds is 5. The van der Waals surface area contributed by atoms with Crippen molar-refractivity contribution in [1.29, 1.82) is 0 Å². The fraction of sp³-hybridized carbons (Fsp3) is 0.150. The van der Waals surface area contributed by atoms with Gasteiger partial charge in [0.2, 0.25) is 10.0 Å². The number of nitrogens with two attached hydrogens (primary N) is 1. The van der Waals surface area contributed by atoms with E-state index in [0.717, 1.165) is 5.56 Å². The summed E-state index contributed by atoms with van der Waals surface area (Å²) in [6.45, 7) is -3.00. The van der Waals surface area contributed by atoms with Crippen LogP contribution in [0.15, 0.2) is 60.9 Å². The Morgan fingerprint density at radius 2 is 2.00 bits per heavy atom. The molecule has 0 spiro atoms. The number of sulfonamides is 1. The summed E-state index contributed by atoms with van der Waals surface area (Å²) in [5.41, 5.74) is 2.78. The van der Waals surface area contributed by atoms with E-state index in [9.17, 15) is 17.2 Å². The zero-order valence-corrected chi connectivity index (χ0v) is 15.8. The number of pyridine rings is 1. The zero-order chi connectivity index (χ0) is 20.6. The standard InChI is InChI=1S/C20H16F2N2O4S/c21-20(22)28-17-5-1-4-16-18(17)14-7-6-12(11-29(23,25)26)9-15(14)19(27-16)13-3-2-8-24-10-13/h1-10,19-20H,11H2,(H2,23,25,26). The molecule has 2 aromatic carbocycles. The van der Waals surface area contributed by atoms with Gasteiger partial charge in [0.1, 0.15) is 11.5 Å². The van der Waals surface area contributed by atoms with Crippen LogP contribution in [0.4, 0.5) is 8.78 Å². The van der Waals surface area contributed by atoms with E-state index in [1.807, 2.05) is 6.07 Å². The average Bonchev–Trinajstić information content (AvgIpc) is 2.66. The first-order chi connectivity index (χ1) is 13.8. The molecule has 1 aliphatic rings. The second-order valence-electron chi connectivity index (χ2n) is 6.52. The molecule has 1 unspecified atom stereocenters. The molecule has 150 valence electrons. The minimum Gasteiger partial charge on any atom is -0.480 e. The Balaban J connectivity index is 1.91. The second kappa shape index (κ2) is 7.41. The Kier molecular flexibility index (Phi) is 4.93. The number of nitrogens with zero attached hydrogens (tertiary/aromatic N) is 1. The van der Waals surface area contributed by atoms with Crippen LogP contribution < -0.4 is 14.6 Å². The van der Waals surface area contributed by atoms with Crippen LogP contribution in [-0.2, 0) is 15.8 Å². The normalized spacial score (nSPS) is 15.4. The van der Waals surface area contributed by atoms with Gasteiger partial charge in [0.15, 0.2) is 6.10 Å². The molecular weight excluding hydrogens is 402 g/mol. The van der Waals surface area contributed by atoms with Crippen LogP contribution in [0.5, 0.6) is 11.5 Å². The molecule has 2 N–H and O–H groups in total. The van der Waals surface area contributed by atoms with Gasteiger partial charge in [-0.1, -0.05) is 30.3 Å². The molecule has 0 fully saturated rings. The number of ether oxygens (including phenoxy) is 2. The molecule has 0 radical (unpaired) electrons. The topological polar surface area (TPSA) is 91.5 Å². The van der Waals surface area contributed by atoms with Crippen molar-refractivity contribution in [3.63, 3.8) is 0 Å². The van der Waals surface area contributed by atoms with Crippen molar-refractivity contribution in [2.24, 2.45) is 5.14 Å². The fourth-order valence-electron chi connectivity index (χ4n) is 3.42. The lowest BCUT2D eigenvalue weighted by Crippen LogP contribution is -2.18. The smallest absolute Gasteiger partial charge is 0.387 e. The van der Waals surface area contributed by atoms with Crippen LogP contribution >= 0.6 is 0 Å². The molecule has 0 bridgehead atoms. The summed E-state index contributed by atoms with van der Waals surface area (Å²) in [7, 11) is -3.75. The highest BCUT2D eigenvalue weighted by Gasteiger charge is 2.31. The van der Waals surface area contributed by atoms with Gasteiger partial charge < -0.3 is 9.47 Å². The summed E-state index contributed by atoms with van der Waals surface area (Å²) in [6.07, 6.45) is 2.65. The van der Waals surface area contributed by atoms with E-state index >= 15 is 0 Å². The SMILES string of the molecule is NS(=O)(=O)Cc1ccc2c(c1)C(c1cccnc1)Oc1cccc(OC(F)F)c1-2. The molecule has 1 atom stereocenters. The maximum atomic E-state index is 12.9. The van der Waals surface area contributed by atoms with Gasteiger partial charge in [0.05, 0.1) is 11.3 Å². The molecule has 1 aliphatic heterocycles. The van der Waals surface area contributed by atoms with Gasteiger partial charge in [-0.2, -0.15) is 8.78 Å². The van der Waals surface area contributed by atoms with Gasteiger partial charge in [-0.25, -0.2) is 13.6 Å². The Morgan fingerprint density at radius 1 is 1.17 bits per heavy atom. The molecule has 0 aliphatic carbocycles. The highest BCUT2D eigenvalue weighted by Crippen LogP contribution is 2.49. The second-order valence-corrected chi connectivity index (χ2v) is 8.14. The largest absolute Gasteiger partial charge is 0.480 e. The van der Waals surface area contributed by atoms with Crippen molar-refractivity contribution in [3.05, 3.63) is 77.6 Å². The van der Waals surface area contributed by atoms with Gasteiger partial charge in [-0.05, 0) is 29.3 Å². The van der Waals surface area contributed by atoms with Crippen LogP contribution in [0.1, 0.15) is 22.8 Å². The summed E-state index contributed by atoms with van der Waals surface area (Å²) in [4.78, 5) is 4.11. The van der Waals surface area contributed by atoms with E-state index < -0.39 is 22.7 Å². The number of halogens is 2. The van der Waals surface area contributed by atoms with E-state index in [0.29, 0.717) is 28.0 Å². The van der Waals surface area contributed by atoms with E-state index in [-0.39, 0.29) is 11.5 Å². The lowest BCUT2D eigenvalue weighted by molar-refractivity contribution is -0.0496. The van der Waals surface area contributed by atoms with Crippen molar-refractivity contribution in [3.8, 4) is 22.6 Å². The highest BCUT2D eigenvalue weighted by atomic mass is 32.2. The van der Waals surface area contributed by atoms with Gasteiger partial charge in [0, 0.05) is 23.5 Å². The number of hydrogen-bond donors (Lipinski definition) is 1. The number of hydrogen-bond acceptors (Lipinski definition) is 5. The molecule has 0 saturated carbocycles. The summed E-state index contributed by atoms with van der Waals surface area (Å²) >= 11 is 0. The van der Waals surface area contributed by atoms with E-state index in [1.54, 1.807) is 48.8 Å². The third kappa shape index (κ3) is 4.06. The Bertz CT molecular complexity index is 1150. The molecular formula is C20H16F2N2O4S. The predicted molar refractivity (Wildman–Crippen MR) is 102 cm³/mol. The van der Waals surface area contributed by atoms with Crippen molar-refractivity contribution < 1.29 is 26.7 Å². The molecule has 6 nitrogen and oxygen atoms in total. The fourth-order valence-corrected chi connectivity index (χ4v) is 4.06. The molecule has 0 amide bonds. The third-order valence-electron chi connectivity index (χ3n) is 4.47. The van der Waals surface area contributed by atoms with Gasteiger partial charge >= 0.3 is 6.61 Å². The van der Waals surface area contributed by atoms with Crippen molar-refractivity contribution >= 4 is 10.0 Å². The Morgan fingerprint density at radius 3 is 2.69 bits per heavy atom. The first-order valence-electron chi connectivity index (χ1n) is 8.60. The van der Waals surface area contributed by atoms with E-state index in [1.165, 1.54) is 6.07 Å². The third-order valence-corrected chi connectivity index (χ3v) is 5.21. The minimum atomic E-state index is -3.75. The van der Waals surface area contributed by atoms with Gasteiger partial charge in [0.25, 0.3) is 0 Å². The Hall–Kier alpha value is -3.04. The number of primary sulfonamides is 1. The maximum Gasteiger partial charge on any atom is 0.387 e. The molecule has 29 heavy (non-hydrogen) atoms. The lowest BCUT2D eigenvalue weighted by Gasteiger charge is -2.30. The van der Waals surface area contributed by atoms with Crippen LogP contribution in [0, 0.1) is 0 Å². The number of benzene rings is 2. The van der Waals surface area contributed by atoms with Crippen molar-refractivity contribution in [1.82, 2.24) is 4.98 Å². The predicted octanol–water partition coefficient (Wildman–Crippen LogP) is 3.62. The van der Waals surface area contributed by atoms with E-state index in [2.05, 4.69) is 9.72 Å². The van der Waals surface area contributed by atoms with Crippen molar-refractivity contribution in [2.75, 3.05) is 0 Å². The average molecular weight is 418 g/mol. The van der Waals surface area contributed by atoms with Gasteiger partial charge in [-0.15, -0.1) is 0 Å². The molecule has 3 aromatic rings. The quantitative estimate of drug-likeness (QED) is 0.683. The minimum absolute atomic E-state index is 0.0254. The van der Waals surface area contributed by atoms with Crippen LogP contribution in [-0.4, -0.2) is 20.0 Å². The summed E-state index contributed by atoms with van der Waals surface area (Å²) < 4.78 is 59.7. The number of alkyl halides is 2. The molecule has 0 saturated heterocycles. The number of aromatic nitrogens is 1. The monoisotopic (exact) mass is 418 g/mol. The maximum absolute atomic E-state index is 12.9. The molecule has 4 rings (SSSR count). The Labute approximate surface area is 166 Å².